The Morgan fingerprint density at radius 3 is 2.81 bits per heavy atom. The minimum Gasteiger partial charge on any atom is -0.479 e. The number of aromatic nitrogens is 1. The van der Waals surface area contributed by atoms with Gasteiger partial charge >= 0.3 is 0 Å². The van der Waals surface area contributed by atoms with Crippen LogP contribution in [0.2, 0.25) is 0 Å². The van der Waals surface area contributed by atoms with Crippen LogP contribution in [-0.4, -0.2) is 11.6 Å². The Balaban J connectivity index is 2.04. The standard InChI is InChI=1S/C17H18N2O2/c18-8-9-21-13-6-7-14-15(10-13)17(20)19-11-16(14)12-4-2-1-3-5-12/h6-7,10-12H,1-5,9H2,(H,19,20). The van der Waals surface area contributed by atoms with Crippen molar-refractivity contribution < 1.29 is 4.74 Å². The summed E-state index contributed by atoms with van der Waals surface area (Å²) < 4.78 is 5.29. The molecule has 0 aliphatic heterocycles. The van der Waals surface area contributed by atoms with E-state index in [1.807, 2.05) is 24.4 Å². The Morgan fingerprint density at radius 2 is 2.05 bits per heavy atom. The number of pyridine rings is 1. The van der Waals surface area contributed by atoms with Crippen LogP contribution in [0.25, 0.3) is 10.8 Å². The minimum absolute atomic E-state index is 0.00821. The van der Waals surface area contributed by atoms with Crippen LogP contribution in [0.3, 0.4) is 0 Å². The zero-order chi connectivity index (χ0) is 14.7. The lowest BCUT2D eigenvalue weighted by Crippen LogP contribution is -2.12. The number of nitrogens with zero attached hydrogens (tertiary/aromatic N) is 1. The van der Waals surface area contributed by atoms with E-state index in [0.717, 1.165) is 5.39 Å². The predicted molar refractivity (Wildman–Crippen MR) is 81.5 cm³/mol. The van der Waals surface area contributed by atoms with Crippen LogP contribution in [0.5, 0.6) is 5.75 Å². The van der Waals surface area contributed by atoms with E-state index in [9.17, 15) is 4.79 Å². The van der Waals surface area contributed by atoms with Crippen LogP contribution in [-0.2, 0) is 0 Å². The molecular weight excluding hydrogens is 264 g/mol. The summed E-state index contributed by atoms with van der Waals surface area (Å²) in [7, 11) is 0. The van der Waals surface area contributed by atoms with Crippen LogP contribution in [0, 0.1) is 11.3 Å². The number of ether oxygens (including phenoxy) is 1. The molecule has 1 N–H and O–H groups in total. The van der Waals surface area contributed by atoms with Gasteiger partial charge in [-0.05, 0) is 41.8 Å². The summed E-state index contributed by atoms with van der Waals surface area (Å²) in [5.41, 5.74) is 1.13. The number of nitriles is 1. The first-order chi connectivity index (χ1) is 10.3. The largest absolute Gasteiger partial charge is 0.479 e. The molecule has 1 heterocycles. The number of H-pyrrole nitrogens is 1. The highest BCUT2D eigenvalue weighted by Gasteiger charge is 2.18. The molecule has 0 spiro atoms. The van der Waals surface area contributed by atoms with Crippen molar-refractivity contribution in [2.45, 2.75) is 38.0 Å². The average Bonchev–Trinajstić information content (AvgIpc) is 2.54. The summed E-state index contributed by atoms with van der Waals surface area (Å²) in [6, 6.07) is 7.45. The number of benzene rings is 1. The summed E-state index contributed by atoms with van der Waals surface area (Å²) in [4.78, 5) is 14.9. The molecule has 1 saturated carbocycles. The van der Waals surface area contributed by atoms with E-state index in [1.54, 1.807) is 6.07 Å². The highest BCUT2D eigenvalue weighted by atomic mass is 16.5. The van der Waals surface area contributed by atoms with E-state index in [0.29, 0.717) is 17.1 Å². The lowest BCUT2D eigenvalue weighted by molar-refractivity contribution is 0.368. The first-order valence-corrected chi connectivity index (χ1v) is 7.44. The molecule has 0 saturated heterocycles. The maximum absolute atomic E-state index is 12.1. The topological polar surface area (TPSA) is 65.9 Å². The first-order valence-electron chi connectivity index (χ1n) is 7.44. The van der Waals surface area contributed by atoms with E-state index in [4.69, 9.17) is 10.00 Å². The molecular formula is C17H18N2O2. The molecule has 4 heteroatoms. The van der Waals surface area contributed by atoms with E-state index >= 15 is 0 Å². The quantitative estimate of drug-likeness (QED) is 0.937. The Hall–Kier alpha value is -2.28. The van der Waals surface area contributed by atoms with Crippen LogP contribution in [0.1, 0.15) is 43.6 Å². The number of hydrogen-bond donors (Lipinski definition) is 1. The zero-order valence-corrected chi connectivity index (χ0v) is 11.9. The fourth-order valence-electron chi connectivity index (χ4n) is 3.22. The second kappa shape index (κ2) is 6.01. The summed E-state index contributed by atoms with van der Waals surface area (Å²) >= 11 is 0. The van der Waals surface area contributed by atoms with Gasteiger partial charge in [-0.1, -0.05) is 25.3 Å². The molecule has 1 aromatic heterocycles. The molecule has 0 amide bonds. The van der Waals surface area contributed by atoms with E-state index in [1.165, 1.54) is 37.7 Å². The number of hydrogen-bond acceptors (Lipinski definition) is 3. The molecule has 2 aromatic rings. The lowest BCUT2D eigenvalue weighted by atomic mass is 9.83. The highest BCUT2D eigenvalue weighted by Crippen LogP contribution is 2.35. The van der Waals surface area contributed by atoms with Crippen molar-refractivity contribution in [1.29, 1.82) is 5.26 Å². The van der Waals surface area contributed by atoms with E-state index in [2.05, 4.69) is 4.98 Å². The summed E-state index contributed by atoms with van der Waals surface area (Å²) in [5.74, 6) is 1.10. The molecule has 3 rings (SSSR count). The molecule has 108 valence electrons. The van der Waals surface area contributed by atoms with Gasteiger partial charge < -0.3 is 9.72 Å². The van der Waals surface area contributed by atoms with Crippen LogP contribution in [0.15, 0.2) is 29.2 Å². The third-order valence-corrected chi connectivity index (χ3v) is 4.25. The van der Waals surface area contributed by atoms with Gasteiger partial charge in [-0.3, -0.25) is 4.79 Å². The Kier molecular flexibility index (Phi) is 3.92. The van der Waals surface area contributed by atoms with Crippen molar-refractivity contribution in [2.24, 2.45) is 0 Å². The smallest absolute Gasteiger partial charge is 0.255 e. The number of fused-ring (bicyclic) bond motifs is 1. The van der Waals surface area contributed by atoms with Gasteiger partial charge in [-0.2, -0.15) is 5.26 Å². The van der Waals surface area contributed by atoms with Crippen molar-refractivity contribution >= 4 is 10.8 Å². The average molecular weight is 282 g/mol. The molecule has 21 heavy (non-hydrogen) atoms. The molecule has 0 atom stereocenters. The Labute approximate surface area is 123 Å². The lowest BCUT2D eigenvalue weighted by Gasteiger charge is -2.23. The van der Waals surface area contributed by atoms with Gasteiger partial charge in [0.2, 0.25) is 0 Å². The van der Waals surface area contributed by atoms with Crippen molar-refractivity contribution in [3.8, 4) is 11.8 Å². The van der Waals surface area contributed by atoms with E-state index < -0.39 is 0 Å². The number of aromatic amines is 1. The van der Waals surface area contributed by atoms with E-state index in [-0.39, 0.29) is 12.2 Å². The predicted octanol–water partition coefficient (Wildman–Crippen LogP) is 3.48. The minimum atomic E-state index is -0.105. The second-order valence-electron chi connectivity index (χ2n) is 5.56. The fraction of sp³-hybridized carbons (Fsp3) is 0.412. The third-order valence-electron chi connectivity index (χ3n) is 4.25. The maximum atomic E-state index is 12.1. The second-order valence-corrected chi connectivity index (χ2v) is 5.56. The number of nitrogens with one attached hydrogen (secondary N) is 1. The first kappa shape index (κ1) is 13.7. The normalized spacial score (nSPS) is 15.8. The van der Waals surface area contributed by atoms with Crippen LogP contribution >= 0.6 is 0 Å². The van der Waals surface area contributed by atoms with Gasteiger partial charge in [0.25, 0.3) is 5.56 Å². The molecule has 1 aliphatic carbocycles. The van der Waals surface area contributed by atoms with Crippen LogP contribution < -0.4 is 10.3 Å². The molecule has 0 radical (unpaired) electrons. The van der Waals surface area contributed by atoms with Gasteiger partial charge in [0, 0.05) is 6.20 Å². The van der Waals surface area contributed by atoms with Crippen molar-refractivity contribution in [2.75, 3.05) is 6.61 Å². The Morgan fingerprint density at radius 1 is 1.24 bits per heavy atom. The summed E-state index contributed by atoms with van der Waals surface area (Å²) in [6.45, 7) is -0.00821. The van der Waals surface area contributed by atoms with Gasteiger partial charge in [0.1, 0.15) is 11.8 Å². The molecule has 4 nitrogen and oxygen atoms in total. The molecule has 1 fully saturated rings. The van der Waals surface area contributed by atoms with Gasteiger partial charge in [0.15, 0.2) is 6.61 Å². The molecule has 0 unspecified atom stereocenters. The molecule has 1 aromatic carbocycles. The van der Waals surface area contributed by atoms with Crippen LogP contribution in [0.4, 0.5) is 0 Å². The van der Waals surface area contributed by atoms with Crippen molar-refractivity contribution in [3.63, 3.8) is 0 Å². The van der Waals surface area contributed by atoms with Crippen molar-refractivity contribution in [3.05, 3.63) is 40.3 Å². The SMILES string of the molecule is N#CCOc1ccc2c(C3CCCCC3)c[nH]c(=O)c2c1. The Bertz CT molecular complexity index is 737. The monoisotopic (exact) mass is 282 g/mol. The molecule has 0 bridgehead atoms. The van der Waals surface area contributed by atoms with Gasteiger partial charge in [0.05, 0.1) is 5.39 Å². The van der Waals surface area contributed by atoms with Crippen molar-refractivity contribution in [1.82, 2.24) is 4.98 Å². The molecule has 1 aliphatic rings. The fourth-order valence-corrected chi connectivity index (χ4v) is 3.22. The van der Waals surface area contributed by atoms with Gasteiger partial charge in [-0.25, -0.2) is 0 Å². The summed E-state index contributed by atoms with van der Waals surface area (Å²) in [6.07, 6.45) is 8.07. The number of rotatable bonds is 3. The van der Waals surface area contributed by atoms with Gasteiger partial charge in [-0.15, -0.1) is 0 Å². The maximum Gasteiger partial charge on any atom is 0.255 e. The zero-order valence-electron chi connectivity index (χ0n) is 11.9. The third kappa shape index (κ3) is 2.78. The summed E-state index contributed by atoms with van der Waals surface area (Å²) in [5, 5.41) is 10.2. The highest BCUT2D eigenvalue weighted by molar-refractivity contribution is 5.86.